The number of likely N-dealkylation sites (tertiary alicyclic amines) is 1. The minimum atomic E-state index is -0.0740. The lowest BCUT2D eigenvalue weighted by Gasteiger charge is -2.43. The quantitative estimate of drug-likeness (QED) is 0.912. The van der Waals surface area contributed by atoms with E-state index in [0.29, 0.717) is 23.8 Å². The van der Waals surface area contributed by atoms with Crippen molar-refractivity contribution in [2.24, 2.45) is 11.8 Å². The molecule has 7 heteroatoms. The number of aromatic nitrogens is 3. The lowest BCUT2D eigenvalue weighted by molar-refractivity contribution is -0.134. The Morgan fingerprint density at radius 1 is 1.23 bits per heavy atom. The van der Waals surface area contributed by atoms with Crippen molar-refractivity contribution in [2.45, 2.75) is 45.1 Å². The lowest BCUT2D eigenvalue weighted by atomic mass is 9.73. The van der Waals surface area contributed by atoms with Gasteiger partial charge < -0.3 is 10.2 Å². The molecule has 0 bridgehead atoms. The number of nitrogens with zero attached hydrogens (tertiary/aromatic N) is 4. The van der Waals surface area contributed by atoms with Crippen LogP contribution < -0.4 is 5.32 Å². The van der Waals surface area contributed by atoms with Gasteiger partial charge in [0.15, 0.2) is 0 Å². The molecule has 2 aliphatic rings. The second kappa shape index (κ2) is 7.05. The minimum absolute atomic E-state index is 0.0740. The molecule has 3 atom stereocenters. The molecular formula is C19H25N5O2. The van der Waals surface area contributed by atoms with Crippen LogP contribution in [-0.4, -0.2) is 50.4 Å². The maximum Gasteiger partial charge on any atom is 0.255 e. The van der Waals surface area contributed by atoms with Crippen LogP contribution in [0.3, 0.4) is 0 Å². The molecule has 1 saturated carbocycles. The zero-order valence-corrected chi connectivity index (χ0v) is 15.1. The first-order valence-corrected chi connectivity index (χ1v) is 9.51. The number of amides is 2. The Balaban J connectivity index is 1.38. The lowest BCUT2D eigenvalue weighted by Crippen LogP contribution is -2.49. The summed E-state index contributed by atoms with van der Waals surface area (Å²) in [6, 6.07) is 0.198. The maximum atomic E-state index is 12.7. The van der Waals surface area contributed by atoms with Gasteiger partial charge in [-0.05, 0) is 37.5 Å². The molecule has 1 saturated heterocycles. The highest BCUT2D eigenvalue weighted by Crippen LogP contribution is 2.36. The van der Waals surface area contributed by atoms with Gasteiger partial charge in [0.05, 0.1) is 23.5 Å². The molecule has 138 valence electrons. The van der Waals surface area contributed by atoms with E-state index in [2.05, 4.69) is 15.4 Å². The van der Waals surface area contributed by atoms with Crippen LogP contribution in [0.15, 0.2) is 24.8 Å². The van der Waals surface area contributed by atoms with Crippen molar-refractivity contribution in [2.75, 3.05) is 13.1 Å². The van der Waals surface area contributed by atoms with Crippen molar-refractivity contribution in [3.63, 3.8) is 0 Å². The van der Waals surface area contributed by atoms with Gasteiger partial charge in [0.25, 0.3) is 5.91 Å². The third kappa shape index (κ3) is 3.18. The average molecular weight is 355 g/mol. The number of rotatable bonds is 3. The topological polar surface area (TPSA) is 79.6 Å². The largest absolute Gasteiger partial charge is 0.349 e. The van der Waals surface area contributed by atoms with Crippen LogP contribution in [0.2, 0.25) is 0 Å². The Bertz CT molecular complexity index is 817. The van der Waals surface area contributed by atoms with Gasteiger partial charge in [-0.25, -0.2) is 4.52 Å². The summed E-state index contributed by atoms with van der Waals surface area (Å²) in [5.41, 5.74) is 1.30. The molecule has 1 aliphatic carbocycles. The summed E-state index contributed by atoms with van der Waals surface area (Å²) in [4.78, 5) is 30.7. The van der Waals surface area contributed by atoms with Gasteiger partial charge >= 0.3 is 0 Å². The monoisotopic (exact) mass is 355 g/mol. The van der Waals surface area contributed by atoms with Gasteiger partial charge in [-0.2, -0.15) is 5.10 Å². The van der Waals surface area contributed by atoms with Gasteiger partial charge in [-0.1, -0.05) is 6.92 Å². The van der Waals surface area contributed by atoms with Gasteiger partial charge in [-0.15, -0.1) is 0 Å². The molecule has 3 heterocycles. The summed E-state index contributed by atoms with van der Waals surface area (Å²) in [5.74, 6) is 1.37. The predicted molar refractivity (Wildman–Crippen MR) is 96.6 cm³/mol. The summed E-state index contributed by atoms with van der Waals surface area (Å²) < 4.78 is 1.67. The molecule has 3 unspecified atom stereocenters. The van der Waals surface area contributed by atoms with Crippen molar-refractivity contribution in [3.05, 3.63) is 30.4 Å². The van der Waals surface area contributed by atoms with Gasteiger partial charge in [0, 0.05) is 37.9 Å². The van der Waals surface area contributed by atoms with E-state index in [9.17, 15) is 9.59 Å². The van der Waals surface area contributed by atoms with Gasteiger partial charge in [0.1, 0.15) is 0 Å². The van der Waals surface area contributed by atoms with Crippen molar-refractivity contribution in [1.82, 2.24) is 24.8 Å². The molecule has 2 aromatic heterocycles. The van der Waals surface area contributed by atoms with E-state index in [0.717, 1.165) is 44.3 Å². The van der Waals surface area contributed by atoms with Crippen LogP contribution in [0.1, 0.15) is 49.4 Å². The van der Waals surface area contributed by atoms with E-state index in [4.69, 9.17) is 0 Å². The van der Waals surface area contributed by atoms with Crippen molar-refractivity contribution < 1.29 is 9.59 Å². The normalized spacial score (nSPS) is 25.7. The highest BCUT2D eigenvalue weighted by Gasteiger charge is 2.36. The summed E-state index contributed by atoms with van der Waals surface area (Å²) in [5, 5.41) is 7.40. The number of carbonyl (C=O) groups excluding carboxylic acids is 2. The molecule has 26 heavy (non-hydrogen) atoms. The van der Waals surface area contributed by atoms with Crippen LogP contribution in [0.4, 0.5) is 0 Å². The maximum absolute atomic E-state index is 12.7. The smallest absolute Gasteiger partial charge is 0.255 e. The van der Waals surface area contributed by atoms with Gasteiger partial charge in [0.2, 0.25) is 5.91 Å². The molecule has 2 fully saturated rings. The fourth-order valence-electron chi connectivity index (χ4n) is 4.47. The van der Waals surface area contributed by atoms with E-state index in [1.165, 1.54) is 0 Å². The average Bonchev–Trinajstić information content (AvgIpc) is 3.11. The summed E-state index contributed by atoms with van der Waals surface area (Å²) in [6.07, 6.45) is 11.3. The molecule has 0 radical (unpaired) electrons. The number of carbonyl (C=O) groups is 2. The fourth-order valence-corrected chi connectivity index (χ4v) is 4.47. The van der Waals surface area contributed by atoms with E-state index < -0.39 is 0 Å². The van der Waals surface area contributed by atoms with Crippen LogP contribution >= 0.6 is 0 Å². The minimum Gasteiger partial charge on any atom is -0.349 e. The summed E-state index contributed by atoms with van der Waals surface area (Å²) in [6.45, 7) is 3.67. The molecule has 4 rings (SSSR count). The highest BCUT2D eigenvalue weighted by atomic mass is 16.2. The van der Waals surface area contributed by atoms with E-state index in [1.54, 1.807) is 29.3 Å². The third-order valence-electron chi connectivity index (χ3n) is 5.92. The standard InChI is InChI=1S/C19H25N5O2/c1-2-18(25)23-7-5-13-9-15(4-3-14(13)12-23)22-19(26)16-10-21-24-8-6-20-11-17(16)24/h6,8,10-11,13-15H,2-5,7,9,12H2,1H3,(H,22,26). The van der Waals surface area contributed by atoms with Crippen LogP contribution in [0.25, 0.3) is 5.52 Å². The molecule has 0 spiro atoms. The Hall–Kier alpha value is -2.44. The van der Waals surface area contributed by atoms with Crippen LogP contribution in [0, 0.1) is 11.8 Å². The number of hydrogen-bond acceptors (Lipinski definition) is 4. The Kier molecular flexibility index (Phi) is 4.61. The zero-order valence-electron chi connectivity index (χ0n) is 15.1. The van der Waals surface area contributed by atoms with Crippen LogP contribution in [-0.2, 0) is 4.79 Å². The number of nitrogens with one attached hydrogen (secondary N) is 1. The first kappa shape index (κ1) is 17.0. The first-order chi connectivity index (χ1) is 12.7. The Morgan fingerprint density at radius 2 is 2.12 bits per heavy atom. The molecule has 1 aliphatic heterocycles. The molecule has 2 aromatic rings. The molecule has 0 aromatic carbocycles. The second-order valence-electron chi connectivity index (χ2n) is 7.45. The first-order valence-electron chi connectivity index (χ1n) is 9.51. The molecule has 2 amide bonds. The van der Waals surface area contributed by atoms with Crippen molar-refractivity contribution in [3.8, 4) is 0 Å². The van der Waals surface area contributed by atoms with Crippen LogP contribution in [0.5, 0.6) is 0 Å². The van der Waals surface area contributed by atoms with E-state index in [1.807, 2.05) is 11.8 Å². The Labute approximate surface area is 152 Å². The van der Waals surface area contributed by atoms with E-state index in [-0.39, 0.29) is 17.9 Å². The fraction of sp³-hybridized carbons (Fsp3) is 0.579. The molecular weight excluding hydrogens is 330 g/mol. The molecule has 1 N–H and O–H groups in total. The number of hydrogen-bond donors (Lipinski definition) is 1. The number of piperidine rings is 1. The summed E-state index contributed by atoms with van der Waals surface area (Å²) >= 11 is 0. The third-order valence-corrected chi connectivity index (χ3v) is 5.92. The zero-order chi connectivity index (χ0) is 18.1. The number of fused-ring (bicyclic) bond motifs is 2. The predicted octanol–water partition coefficient (Wildman–Crippen LogP) is 1.89. The second-order valence-corrected chi connectivity index (χ2v) is 7.45. The SMILES string of the molecule is CCC(=O)N1CCC2CC(NC(=O)c3cnn4ccncc34)CCC2C1. The summed E-state index contributed by atoms with van der Waals surface area (Å²) in [7, 11) is 0. The molecule has 7 nitrogen and oxygen atoms in total. The van der Waals surface area contributed by atoms with Crippen molar-refractivity contribution >= 4 is 17.3 Å². The van der Waals surface area contributed by atoms with E-state index >= 15 is 0 Å². The Morgan fingerprint density at radius 3 is 2.96 bits per heavy atom. The van der Waals surface area contributed by atoms with Crippen molar-refractivity contribution in [1.29, 1.82) is 0 Å². The highest BCUT2D eigenvalue weighted by molar-refractivity contribution is 6.00. The van der Waals surface area contributed by atoms with Gasteiger partial charge in [-0.3, -0.25) is 14.6 Å².